The Hall–Kier alpha value is -7.16. The molecule has 1 aliphatic carbocycles. The van der Waals surface area contributed by atoms with Gasteiger partial charge < -0.3 is 9.80 Å². The Balaban J connectivity index is 1.37. The van der Waals surface area contributed by atoms with Gasteiger partial charge in [-0.05, 0) is 178 Å². The molecule has 0 amide bonds. The van der Waals surface area contributed by atoms with E-state index in [0.717, 1.165) is 5.69 Å². The van der Waals surface area contributed by atoms with E-state index in [1.165, 1.54) is 134 Å². The second-order valence-corrected chi connectivity index (χ2v) is 19.3. The SMILES string of the molecule is Cc1ccc(N(c2c(C)cc(C)cc2C)c2cc3c(c4ccccc24)-c2ccc(N(c4c(C)cc(C)cc4C)c4c(C)cc(C)cc4C)cc2C3(c2ccccc2)c2ccccc2)c(C)c1. The molecule has 9 aromatic rings. The minimum Gasteiger partial charge on any atom is -0.309 e. The fourth-order valence-corrected chi connectivity index (χ4v) is 12.0. The van der Waals surface area contributed by atoms with Crippen LogP contribution in [0, 0.1) is 76.2 Å². The van der Waals surface area contributed by atoms with Gasteiger partial charge in [0.25, 0.3) is 0 Å². The predicted molar refractivity (Wildman–Crippen MR) is 283 cm³/mol. The lowest BCUT2D eigenvalue weighted by Gasteiger charge is -2.37. The Labute approximate surface area is 392 Å². The van der Waals surface area contributed by atoms with Crippen LogP contribution in [0.1, 0.15) is 83.5 Å². The lowest BCUT2D eigenvalue weighted by Crippen LogP contribution is -2.29. The van der Waals surface area contributed by atoms with Gasteiger partial charge in [-0.3, -0.25) is 0 Å². The Morgan fingerprint density at radius 3 is 1.24 bits per heavy atom. The second-order valence-electron chi connectivity index (χ2n) is 19.3. The predicted octanol–water partition coefficient (Wildman–Crippen LogP) is 17.5. The first-order valence-electron chi connectivity index (χ1n) is 23.5. The zero-order valence-electron chi connectivity index (χ0n) is 40.5. The van der Waals surface area contributed by atoms with Crippen molar-refractivity contribution in [2.75, 3.05) is 9.80 Å². The number of benzene rings is 9. The number of hydrogen-bond donors (Lipinski definition) is 0. The highest BCUT2D eigenvalue weighted by Gasteiger charge is 2.48. The van der Waals surface area contributed by atoms with Crippen LogP contribution in [0.4, 0.5) is 34.1 Å². The van der Waals surface area contributed by atoms with Crippen molar-refractivity contribution in [3.63, 3.8) is 0 Å². The molecule has 1 aliphatic rings. The molecular formula is C64H60N2. The van der Waals surface area contributed by atoms with E-state index in [9.17, 15) is 0 Å². The third-order valence-corrected chi connectivity index (χ3v) is 14.2. The average molecular weight is 857 g/mol. The third-order valence-electron chi connectivity index (χ3n) is 14.2. The van der Waals surface area contributed by atoms with Gasteiger partial charge in [-0.2, -0.15) is 0 Å². The van der Waals surface area contributed by atoms with Crippen molar-refractivity contribution in [3.05, 3.63) is 247 Å². The smallest absolute Gasteiger partial charge is 0.0715 e. The molecular weight excluding hydrogens is 797 g/mol. The molecule has 2 nitrogen and oxygen atoms in total. The topological polar surface area (TPSA) is 6.48 Å². The van der Waals surface area contributed by atoms with Crippen molar-refractivity contribution in [2.45, 2.75) is 81.6 Å². The largest absolute Gasteiger partial charge is 0.309 e. The number of nitrogens with zero attached hydrogens (tertiary/aromatic N) is 2. The highest BCUT2D eigenvalue weighted by Crippen LogP contribution is 2.61. The molecule has 0 spiro atoms. The molecule has 0 aliphatic heterocycles. The minimum absolute atomic E-state index is 0.673. The van der Waals surface area contributed by atoms with Crippen molar-refractivity contribution < 1.29 is 0 Å². The van der Waals surface area contributed by atoms with Crippen molar-refractivity contribution in [1.82, 2.24) is 0 Å². The van der Waals surface area contributed by atoms with E-state index in [0.29, 0.717) is 0 Å². The zero-order valence-corrected chi connectivity index (χ0v) is 40.5. The van der Waals surface area contributed by atoms with Gasteiger partial charge >= 0.3 is 0 Å². The number of fused-ring (bicyclic) bond motifs is 5. The summed E-state index contributed by atoms with van der Waals surface area (Å²) >= 11 is 0. The van der Waals surface area contributed by atoms with E-state index in [1.54, 1.807) is 0 Å². The number of hydrogen-bond acceptors (Lipinski definition) is 2. The molecule has 326 valence electrons. The normalized spacial score (nSPS) is 12.6. The summed E-state index contributed by atoms with van der Waals surface area (Å²) in [5.41, 5.74) is 28.0. The van der Waals surface area contributed by atoms with Crippen LogP contribution in [-0.2, 0) is 5.41 Å². The lowest BCUT2D eigenvalue weighted by atomic mass is 9.67. The highest BCUT2D eigenvalue weighted by atomic mass is 15.2. The van der Waals surface area contributed by atoms with Crippen LogP contribution < -0.4 is 9.80 Å². The fraction of sp³-hybridized carbons (Fsp3) is 0.188. The molecule has 0 N–H and O–H groups in total. The molecule has 0 saturated carbocycles. The van der Waals surface area contributed by atoms with Crippen molar-refractivity contribution in [1.29, 1.82) is 0 Å². The molecule has 0 heterocycles. The highest BCUT2D eigenvalue weighted by molar-refractivity contribution is 6.11. The summed E-state index contributed by atoms with van der Waals surface area (Å²) in [5, 5.41) is 2.47. The molecule has 0 radical (unpaired) electrons. The maximum atomic E-state index is 2.57. The summed E-state index contributed by atoms with van der Waals surface area (Å²) in [6.07, 6.45) is 0. The standard InChI is InChI=1S/C64H60N2/c1-39-26-29-58(43(5)30-39)66(63-48(10)35-42(4)36-49(63)11)59-38-57-60(54-25-19-18-24-53(54)59)55-28-27-52(37-56(55)64(57,50-20-14-12-15-21-50)51-22-16-13-17-23-51)65(61-44(6)31-40(2)32-45(61)7)62-46(8)33-41(3)34-47(62)9/h12-38H,1-11H3. The summed E-state index contributed by atoms with van der Waals surface area (Å²) in [4.78, 5) is 5.14. The first kappa shape index (κ1) is 42.8. The zero-order chi connectivity index (χ0) is 46.2. The second kappa shape index (κ2) is 16.4. The third kappa shape index (κ3) is 6.77. The van der Waals surface area contributed by atoms with Crippen LogP contribution in [0.15, 0.2) is 164 Å². The summed E-state index contributed by atoms with van der Waals surface area (Å²) in [6.45, 7) is 24.7. The van der Waals surface area contributed by atoms with E-state index >= 15 is 0 Å². The molecule has 0 fully saturated rings. The summed E-state index contributed by atoms with van der Waals surface area (Å²) in [6, 6.07) is 62.6. The minimum atomic E-state index is -0.673. The van der Waals surface area contributed by atoms with E-state index in [2.05, 4.69) is 250 Å². The van der Waals surface area contributed by atoms with Gasteiger partial charge in [-0.1, -0.05) is 162 Å². The van der Waals surface area contributed by atoms with E-state index < -0.39 is 5.41 Å². The molecule has 0 unspecified atom stereocenters. The van der Waals surface area contributed by atoms with Gasteiger partial charge in [0.05, 0.1) is 28.2 Å². The quantitative estimate of drug-likeness (QED) is 0.150. The fourth-order valence-electron chi connectivity index (χ4n) is 12.0. The Kier molecular flexibility index (Phi) is 10.6. The van der Waals surface area contributed by atoms with Crippen molar-refractivity contribution in [2.24, 2.45) is 0 Å². The van der Waals surface area contributed by atoms with Gasteiger partial charge in [0.2, 0.25) is 0 Å². The summed E-state index contributed by atoms with van der Waals surface area (Å²) < 4.78 is 0. The van der Waals surface area contributed by atoms with Gasteiger partial charge in [-0.25, -0.2) is 0 Å². The van der Waals surface area contributed by atoms with Gasteiger partial charge in [0, 0.05) is 16.8 Å². The van der Waals surface area contributed by atoms with Crippen molar-refractivity contribution in [3.8, 4) is 11.1 Å². The monoisotopic (exact) mass is 856 g/mol. The molecule has 2 heteroatoms. The van der Waals surface area contributed by atoms with E-state index in [-0.39, 0.29) is 0 Å². The van der Waals surface area contributed by atoms with Crippen LogP contribution in [0.2, 0.25) is 0 Å². The van der Waals surface area contributed by atoms with Crippen LogP contribution >= 0.6 is 0 Å². The molecule has 0 aromatic heterocycles. The molecule has 0 bridgehead atoms. The number of rotatable bonds is 8. The first-order chi connectivity index (χ1) is 31.8. The lowest BCUT2D eigenvalue weighted by molar-refractivity contribution is 0.769. The molecule has 66 heavy (non-hydrogen) atoms. The number of aryl methyl sites for hydroxylation is 11. The Bertz CT molecular complexity index is 3210. The summed E-state index contributed by atoms with van der Waals surface area (Å²) in [5.74, 6) is 0. The maximum Gasteiger partial charge on any atom is 0.0715 e. The Morgan fingerprint density at radius 2 is 0.758 bits per heavy atom. The molecule has 0 saturated heterocycles. The van der Waals surface area contributed by atoms with Crippen LogP contribution in [0.3, 0.4) is 0 Å². The van der Waals surface area contributed by atoms with Crippen molar-refractivity contribution >= 4 is 44.9 Å². The van der Waals surface area contributed by atoms with Crippen LogP contribution in [0.5, 0.6) is 0 Å². The molecule has 10 rings (SSSR count). The van der Waals surface area contributed by atoms with Gasteiger partial charge in [-0.15, -0.1) is 0 Å². The number of anilines is 6. The average Bonchev–Trinajstić information content (AvgIpc) is 3.57. The molecule has 0 atom stereocenters. The molecule has 9 aromatic carbocycles. The van der Waals surface area contributed by atoms with Crippen LogP contribution in [-0.4, -0.2) is 0 Å². The summed E-state index contributed by atoms with van der Waals surface area (Å²) in [7, 11) is 0. The van der Waals surface area contributed by atoms with E-state index in [1.807, 2.05) is 0 Å². The van der Waals surface area contributed by atoms with E-state index in [4.69, 9.17) is 0 Å². The van der Waals surface area contributed by atoms with Gasteiger partial charge in [0.15, 0.2) is 0 Å². The first-order valence-corrected chi connectivity index (χ1v) is 23.5. The Morgan fingerprint density at radius 1 is 0.318 bits per heavy atom. The van der Waals surface area contributed by atoms with Gasteiger partial charge in [0.1, 0.15) is 0 Å². The van der Waals surface area contributed by atoms with Crippen LogP contribution in [0.25, 0.3) is 21.9 Å². The maximum absolute atomic E-state index is 2.57.